The fraction of sp³-hybridized carbons (Fsp3) is 0.556. The highest BCUT2D eigenvalue weighted by Crippen LogP contribution is 2.24. The summed E-state index contributed by atoms with van der Waals surface area (Å²) in [5, 5.41) is 12.4. The van der Waals surface area contributed by atoms with Gasteiger partial charge in [-0.1, -0.05) is 13.0 Å². The summed E-state index contributed by atoms with van der Waals surface area (Å²) in [5.74, 6) is -0.207. The maximum absolute atomic E-state index is 12.7. The number of nitrogens with one attached hydrogen (secondary N) is 1. The SMILES string of the molecule is CCCNC(=O)c1cccc(C(=O)N2CCCC2CC(C)O)c1. The highest BCUT2D eigenvalue weighted by molar-refractivity contribution is 5.99. The number of carbonyl (C=O) groups excluding carboxylic acids is 2. The van der Waals surface area contributed by atoms with E-state index < -0.39 is 6.10 Å². The molecule has 0 aliphatic carbocycles. The molecular weight excluding hydrogens is 292 g/mol. The van der Waals surface area contributed by atoms with E-state index in [4.69, 9.17) is 0 Å². The van der Waals surface area contributed by atoms with Crippen molar-refractivity contribution in [1.82, 2.24) is 10.2 Å². The summed E-state index contributed by atoms with van der Waals surface area (Å²) in [6.07, 6.45) is 2.94. The van der Waals surface area contributed by atoms with Crippen molar-refractivity contribution in [2.24, 2.45) is 0 Å². The third kappa shape index (κ3) is 4.55. The Kier molecular flexibility index (Phi) is 6.16. The highest BCUT2D eigenvalue weighted by atomic mass is 16.3. The summed E-state index contributed by atoms with van der Waals surface area (Å²) in [4.78, 5) is 26.6. The second-order valence-corrected chi connectivity index (χ2v) is 6.22. The normalized spacial score (nSPS) is 18.7. The van der Waals surface area contributed by atoms with E-state index in [2.05, 4.69) is 5.32 Å². The molecule has 1 aliphatic heterocycles. The van der Waals surface area contributed by atoms with Crippen molar-refractivity contribution in [1.29, 1.82) is 0 Å². The van der Waals surface area contributed by atoms with Gasteiger partial charge in [0.25, 0.3) is 11.8 Å². The molecule has 1 saturated heterocycles. The van der Waals surface area contributed by atoms with Crippen LogP contribution < -0.4 is 5.32 Å². The molecule has 1 aliphatic rings. The fourth-order valence-electron chi connectivity index (χ4n) is 3.04. The topological polar surface area (TPSA) is 69.6 Å². The Labute approximate surface area is 137 Å². The number of aliphatic hydroxyl groups excluding tert-OH is 1. The van der Waals surface area contributed by atoms with E-state index in [1.807, 2.05) is 11.8 Å². The predicted octanol–water partition coefficient (Wildman–Crippen LogP) is 2.20. The van der Waals surface area contributed by atoms with Crippen LogP contribution in [0.5, 0.6) is 0 Å². The Morgan fingerprint density at radius 1 is 1.39 bits per heavy atom. The fourth-order valence-corrected chi connectivity index (χ4v) is 3.04. The lowest BCUT2D eigenvalue weighted by molar-refractivity contribution is 0.0682. The van der Waals surface area contributed by atoms with E-state index in [1.165, 1.54) is 0 Å². The van der Waals surface area contributed by atoms with Crippen LogP contribution in [0, 0.1) is 0 Å². The van der Waals surface area contributed by atoms with Gasteiger partial charge in [-0.05, 0) is 50.8 Å². The molecule has 0 aromatic heterocycles. The molecule has 1 fully saturated rings. The average molecular weight is 318 g/mol. The van der Waals surface area contributed by atoms with Crippen molar-refractivity contribution < 1.29 is 14.7 Å². The summed E-state index contributed by atoms with van der Waals surface area (Å²) < 4.78 is 0. The lowest BCUT2D eigenvalue weighted by Crippen LogP contribution is -2.37. The molecule has 2 atom stereocenters. The summed E-state index contributed by atoms with van der Waals surface area (Å²) in [6.45, 7) is 5.08. The molecule has 1 aromatic rings. The first kappa shape index (κ1) is 17.5. The van der Waals surface area contributed by atoms with Crippen LogP contribution in [0.15, 0.2) is 24.3 Å². The molecule has 23 heavy (non-hydrogen) atoms. The zero-order valence-electron chi connectivity index (χ0n) is 13.9. The Hall–Kier alpha value is -1.88. The van der Waals surface area contributed by atoms with Gasteiger partial charge >= 0.3 is 0 Å². The summed E-state index contributed by atoms with van der Waals surface area (Å²) in [7, 11) is 0. The maximum atomic E-state index is 12.7. The van der Waals surface area contributed by atoms with Crippen molar-refractivity contribution >= 4 is 11.8 Å². The van der Waals surface area contributed by atoms with Crippen LogP contribution >= 0.6 is 0 Å². The van der Waals surface area contributed by atoms with Crippen LogP contribution in [-0.4, -0.2) is 47.1 Å². The number of benzene rings is 1. The first-order valence-corrected chi connectivity index (χ1v) is 8.40. The van der Waals surface area contributed by atoms with E-state index in [-0.39, 0.29) is 17.9 Å². The van der Waals surface area contributed by atoms with Gasteiger partial charge in [-0.2, -0.15) is 0 Å². The number of nitrogens with zero attached hydrogens (tertiary/aromatic N) is 1. The first-order valence-electron chi connectivity index (χ1n) is 8.40. The minimum absolute atomic E-state index is 0.0571. The van der Waals surface area contributed by atoms with Gasteiger partial charge in [-0.15, -0.1) is 0 Å². The summed E-state index contributed by atoms with van der Waals surface area (Å²) in [6, 6.07) is 6.95. The lowest BCUT2D eigenvalue weighted by Gasteiger charge is -2.26. The molecule has 2 unspecified atom stereocenters. The van der Waals surface area contributed by atoms with Crippen LogP contribution in [0.1, 0.15) is 60.2 Å². The third-order valence-corrected chi connectivity index (χ3v) is 4.16. The zero-order chi connectivity index (χ0) is 16.8. The molecule has 1 aromatic carbocycles. The smallest absolute Gasteiger partial charge is 0.254 e. The number of amides is 2. The van der Waals surface area contributed by atoms with Gasteiger partial charge in [0.15, 0.2) is 0 Å². The molecule has 5 heteroatoms. The molecule has 0 bridgehead atoms. The van der Waals surface area contributed by atoms with E-state index in [1.54, 1.807) is 31.2 Å². The number of carbonyl (C=O) groups is 2. The van der Waals surface area contributed by atoms with E-state index in [0.29, 0.717) is 30.6 Å². The van der Waals surface area contributed by atoms with E-state index >= 15 is 0 Å². The molecule has 2 amide bonds. The van der Waals surface area contributed by atoms with Crippen LogP contribution in [0.4, 0.5) is 0 Å². The van der Waals surface area contributed by atoms with Gasteiger partial charge in [0.1, 0.15) is 0 Å². The van der Waals surface area contributed by atoms with Crippen LogP contribution in [-0.2, 0) is 0 Å². The zero-order valence-corrected chi connectivity index (χ0v) is 13.9. The number of aliphatic hydroxyl groups is 1. The Balaban J connectivity index is 2.11. The van der Waals surface area contributed by atoms with Gasteiger partial charge in [-0.25, -0.2) is 0 Å². The summed E-state index contributed by atoms with van der Waals surface area (Å²) >= 11 is 0. The Bertz CT molecular complexity index is 557. The second kappa shape index (κ2) is 8.11. The predicted molar refractivity (Wildman–Crippen MR) is 89.4 cm³/mol. The minimum atomic E-state index is -0.417. The Morgan fingerprint density at radius 3 is 2.83 bits per heavy atom. The van der Waals surface area contributed by atoms with Crippen LogP contribution in [0.25, 0.3) is 0 Å². The van der Waals surface area contributed by atoms with E-state index in [0.717, 1.165) is 19.3 Å². The van der Waals surface area contributed by atoms with Crippen molar-refractivity contribution in [3.63, 3.8) is 0 Å². The van der Waals surface area contributed by atoms with Crippen molar-refractivity contribution in [2.75, 3.05) is 13.1 Å². The standard InChI is InChI=1S/C18H26N2O3/c1-3-9-19-17(22)14-6-4-7-15(12-14)18(23)20-10-5-8-16(20)11-13(2)21/h4,6-7,12-13,16,21H,3,5,8-11H2,1-2H3,(H,19,22). The monoisotopic (exact) mass is 318 g/mol. The minimum Gasteiger partial charge on any atom is -0.393 e. The largest absolute Gasteiger partial charge is 0.393 e. The maximum Gasteiger partial charge on any atom is 0.254 e. The van der Waals surface area contributed by atoms with Gasteiger partial charge in [-0.3, -0.25) is 9.59 Å². The molecular formula is C18H26N2O3. The molecule has 1 heterocycles. The van der Waals surface area contributed by atoms with Crippen molar-refractivity contribution in [2.45, 2.75) is 51.7 Å². The average Bonchev–Trinajstić information content (AvgIpc) is 2.99. The molecule has 126 valence electrons. The number of hydrogen-bond donors (Lipinski definition) is 2. The van der Waals surface area contributed by atoms with Gasteiger partial charge in [0, 0.05) is 30.3 Å². The quantitative estimate of drug-likeness (QED) is 0.845. The number of rotatable bonds is 6. The van der Waals surface area contributed by atoms with Crippen LogP contribution in [0.3, 0.4) is 0 Å². The molecule has 0 spiro atoms. The van der Waals surface area contributed by atoms with E-state index in [9.17, 15) is 14.7 Å². The van der Waals surface area contributed by atoms with Gasteiger partial charge in [0.05, 0.1) is 6.10 Å². The number of likely N-dealkylation sites (tertiary alicyclic amines) is 1. The van der Waals surface area contributed by atoms with Gasteiger partial charge < -0.3 is 15.3 Å². The second-order valence-electron chi connectivity index (χ2n) is 6.22. The molecule has 2 rings (SSSR count). The molecule has 0 radical (unpaired) electrons. The van der Waals surface area contributed by atoms with Crippen molar-refractivity contribution in [3.8, 4) is 0 Å². The highest BCUT2D eigenvalue weighted by Gasteiger charge is 2.30. The van der Waals surface area contributed by atoms with Gasteiger partial charge in [0.2, 0.25) is 0 Å². The van der Waals surface area contributed by atoms with Crippen LogP contribution in [0.2, 0.25) is 0 Å². The number of hydrogen-bond acceptors (Lipinski definition) is 3. The summed E-state index contributed by atoms with van der Waals surface area (Å²) in [5.41, 5.74) is 1.04. The third-order valence-electron chi connectivity index (χ3n) is 4.16. The first-order chi connectivity index (χ1) is 11.0. The Morgan fingerprint density at radius 2 is 2.13 bits per heavy atom. The van der Waals surface area contributed by atoms with Crippen molar-refractivity contribution in [3.05, 3.63) is 35.4 Å². The molecule has 5 nitrogen and oxygen atoms in total. The molecule has 2 N–H and O–H groups in total. The molecule has 0 saturated carbocycles. The lowest BCUT2D eigenvalue weighted by atomic mass is 10.1.